The Morgan fingerprint density at radius 2 is 1.84 bits per heavy atom. The van der Waals surface area contributed by atoms with Crippen LogP contribution in [0.25, 0.3) is 0 Å². The summed E-state index contributed by atoms with van der Waals surface area (Å²) in [5, 5.41) is 25.1. The smallest absolute Gasteiger partial charge is 0.312 e. The van der Waals surface area contributed by atoms with E-state index in [1.807, 2.05) is 6.92 Å². The molecule has 11 heteroatoms. The van der Waals surface area contributed by atoms with Crippen LogP contribution in [-0.2, 0) is 17.9 Å². The fourth-order valence-electron chi connectivity index (χ4n) is 3.38. The molecule has 0 aliphatic carbocycles. The van der Waals surface area contributed by atoms with Crippen LogP contribution in [0.4, 0.5) is 17.1 Å². The number of rotatable bonds is 8. The summed E-state index contributed by atoms with van der Waals surface area (Å²) in [4.78, 5) is 35.9. The van der Waals surface area contributed by atoms with Crippen LogP contribution >= 0.6 is 0 Å². The minimum atomic E-state index is -0.496. The van der Waals surface area contributed by atoms with E-state index in [9.17, 15) is 19.7 Å². The maximum atomic E-state index is 12.7. The highest BCUT2D eigenvalue weighted by atomic mass is 16.6. The minimum Gasteiger partial charge on any atom is -0.326 e. The highest BCUT2D eigenvalue weighted by Crippen LogP contribution is 2.23. The summed E-state index contributed by atoms with van der Waals surface area (Å²) in [7, 11) is 0. The lowest BCUT2D eigenvalue weighted by molar-refractivity contribution is -0.386. The normalized spacial score (nSPS) is 11.8. The van der Waals surface area contributed by atoms with Gasteiger partial charge >= 0.3 is 5.69 Å². The molecule has 1 atom stereocenters. The van der Waals surface area contributed by atoms with Crippen molar-refractivity contribution in [2.75, 3.05) is 10.6 Å². The third-order valence-electron chi connectivity index (χ3n) is 5.06. The van der Waals surface area contributed by atoms with E-state index >= 15 is 0 Å². The Labute approximate surface area is 184 Å². The van der Waals surface area contributed by atoms with Gasteiger partial charge in [-0.15, -0.1) is 0 Å². The van der Waals surface area contributed by atoms with Crippen molar-refractivity contribution in [1.29, 1.82) is 0 Å². The van der Waals surface area contributed by atoms with E-state index in [0.717, 1.165) is 0 Å². The van der Waals surface area contributed by atoms with Crippen LogP contribution in [0.15, 0.2) is 36.5 Å². The second-order valence-electron chi connectivity index (χ2n) is 7.42. The van der Waals surface area contributed by atoms with Crippen molar-refractivity contribution in [1.82, 2.24) is 19.6 Å². The second kappa shape index (κ2) is 9.41. The lowest BCUT2D eigenvalue weighted by Gasteiger charge is -2.14. The van der Waals surface area contributed by atoms with Gasteiger partial charge in [0.1, 0.15) is 17.1 Å². The Kier molecular flexibility index (Phi) is 6.67. The Bertz CT molecular complexity index is 1160. The lowest BCUT2D eigenvalue weighted by Crippen LogP contribution is -2.25. The maximum Gasteiger partial charge on any atom is 0.312 e. The predicted octanol–water partition coefficient (Wildman–Crippen LogP) is 3.15. The molecule has 168 valence electrons. The number of carbonyl (C=O) groups is 2. The van der Waals surface area contributed by atoms with Crippen molar-refractivity contribution in [2.24, 2.45) is 5.92 Å². The fraction of sp³-hybridized carbons (Fsp3) is 0.333. The molecule has 0 bridgehead atoms. The number of nitro groups is 1. The second-order valence-corrected chi connectivity index (χ2v) is 7.42. The van der Waals surface area contributed by atoms with Gasteiger partial charge in [-0.3, -0.25) is 29.1 Å². The maximum absolute atomic E-state index is 12.7. The van der Waals surface area contributed by atoms with Crippen molar-refractivity contribution in [2.45, 2.75) is 40.8 Å². The molecule has 11 nitrogen and oxygen atoms in total. The minimum absolute atomic E-state index is 0.0366. The van der Waals surface area contributed by atoms with Crippen LogP contribution in [-0.4, -0.2) is 36.3 Å². The van der Waals surface area contributed by atoms with Gasteiger partial charge < -0.3 is 10.6 Å². The summed E-state index contributed by atoms with van der Waals surface area (Å²) in [6, 6.07) is 8.44. The molecule has 3 rings (SSSR count). The Hall–Kier alpha value is -4.02. The van der Waals surface area contributed by atoms with E-state index in [4.69, 9.17) is 0 Å². The number of hydrogen-bond acceptors (Lipinski definition) is 6. The molecule has 1 aromatic carbocycles. The SMILES string of the molecule is CCn1nccc1C(=O)Nc1cccc(NC(=O)C(C)Cn2nc(C)c([N+](=O)[O-])c2C)c1. The van der Waals surface area contributed by atoms with E-state index in [0.29, 0.717) is 35.0 Å². The van der Waals surface area contributed by atoms with E-state index in [1.54, 1.807) is 62.0 Å². The molecule has 0 saturated carbocycles. The zero-order valence-electron chi connectivity index (χ0n) is 18.3. The molecule has 0 radical (unpaired) electrons. The van der Waals surface area contributed by atoms with Gasteiger partial charge in [0.05, 0.1) is 17.4 Å². The number of carbonyl (C=O) groups excluding carboxylic acids is 2. The van der Waals surface area contributed by atoms with Gasteiger partial charge in [-0.05, 0) is 45.0 Å². The first-order valence-electron chi connectivity index (χ1n) is 10.1. The topological polar surface area (TPSA) is 137 Å². The summed E-state index contributed by atoms with van der Waals surface area (Å²) >= 11 is 0. The van der Waals surface area contributed by atoms with Crippen LogP contribution in [0, 0.1) is 29.9 Å². The van der Waals surface area contributed by atoms with Crippen molar-refractivity contribution in [3.8, 4) is 0 Å². The first-order valence-corrected chi connectivity index (χ1v) is 10.1. The number of anilines is 2. The molecule has 0 fully saturated rings. The molecule has 2 amide bonds. The van der Waals surface area contributed by atoms with Crippen LogP contribution in [0.5, 0.6) is 0 Å². The standard InChI is InChI=1S/C21H25N7O4/c1-5-26-18(9-10-22-26)21(30)24-17-8-6-7-16(11-17)23-20(29)13(2)12-27-15(4)19(28(31)32)14(3)25-27/h6-11,13H,5,12H2,1-4H3,(H,23,29)(H,24,30). The monoisotopic (exact) mass is 439 g/mol. The third kappa shape index (κ3) is 4.82. The number of nitrogens with one attached hydrogen (secondary N) is 2. The number of amides is 2. The molecular weight excluding hydrogens is 414 g/mol. The van der Waals surface area contributed by atoms with E-state index in [2.05, 4.69) is 20.8 Å². The zero-order valence-corrected chi connectivity index (χ0v) is 18.3. The summed E-state index contributed by atoms with van der Waals surface area (Å²) in [6.07, 6.45) is 1.56. The number of benzene rings is 1. The average Bonchev–Trinajstić information content (AvgIpc) is 3.32. The van der Waals surface area contributed by atoms with Crippen LogP contribution in [0.2, 0.25) is 0 Å². The molecule has 2 aromatic heterocycles. The predicted molar refractivity (Wildman–Crippen MR) is 118 cm³/mol. The van der Waals surface area contributed by atoms with Gasteiger partial charge in [0.15, 0.2) is 0 Å². The Morgan fingerprint density at radius 3 is 2.47 bits per heavy atom. The summed E-state index contributed by atoms with van der Waals surface area (Å²) in [6.45, 7) is 7.56. The molecular formula is C21H25N7O4. The molecule has 32 heavy (non-hydrogen) atoms. The van der Waals surface area contributed by atoms with Gasteiger partial charge in [-0.1, -0.05) is 13.0 Å². The number of hydrogen-bond donors (Lipinski definition) is 2. The molecule has 0 aliphatic heterocycles. The Balaban J connectivity index is 1.66. The molecule has 3 aromatic rings. The lowest BCUT2D eigenvalue weighted by atomic mass is 10.1. The van der Waals surface area contributed by atoms with Crippen molar-refractivity contribution in [3.63, 3.8) is 0 Å². The van der Waals surface area contributed by atoms with E-state index < -0.39 is 10.8 Å². The average molecular weight is 439 g/mol. The zero-order chi connectivity index (χ0) is 23.4. The molecule has 2 N–H and O–H groups in total. The van der Waals surface area contributed by atoms with Gasteiger partial charge in [0.25, 0.3) is 5.91 Å². The molecule has 0 saturated heterocycles. The van der Waals surface area contributed by atoms with Crippen LogP contribution in [0.1, 0.15) is 35.7 Å². The van der Waals surface area contributed by atoms with Crippen molar-refractivity contribution < 1.29 is 14.5 Å². The van der Waals surface area contributed by atoms with E-state index in [-0.39, 0.29) is 24.0 Å². The number of aromatic nitrogens is 4. The van der Waals surface area contributed by atoms with Gasteiger partial charge in [-0.25, -0.2) is 0 Å². The van der Waals surface area contributed by atoms with Crippen LogP contribution in [0.3, 0.4) is 0 Å². The quantitative estimate of drug-likeness (QED) is 0.409. The highest BCUT2D eigenvalue weighted by Gasteiger charge is 2.24. The van der Waals surface area contributed by atoms with Crippen LogP contribution < -0.4 is 10.6 Å². The molecule has 0 aliphatic rings. The fourth-order valence-corrected chi connectivity index (χ4v) is 3.38. The van der Waals surface area contributed by atoms with Gasteiger partial charge in [0.2, 0.25) is 5.91 Å². The third-order valence-corrected chi connectivity index (χ3v) is 5.06. The van der Waals surface area contributed by atoms with Gasteiger partial charge in [0, 0.05) is 24.1 Å². The molecule has 1 unspecified atom stereocenters. The number of aryl methyl sites for hydroxylation is 2. The number of nitrogens with zero attached hydrogens (tertiary/aromatic N) is 5. The summed E-state index contributed by atoms with van der Waals surface area (Å²) in [5.41, 5.74) is 2.16. The van der Waals surface area contributed by atoms with Gasteiger partial charge in [-0.2, -0.15) is 10.2 Å². The largest absolute Gasteiger partial charge is 0.326 e. The first-order chi connectivity index (χ1) is 15.2. The van der Waals surface area contributed by atoms with Crippen molar-refractivity contribution >= 4 is 28.9 Å². The summed E-state index contributed by atoms with van der Waals surface area (Å²) < 4.78 is 3.07. The first kappa shape index (κ1) is 22.7. The molecule has 2 heterocycles. The molecule has 0 spiro atoms. The van der Waals surface area contributed by atoms with E-state index in [1.165, 1.54) is 4.68 Å². The Morgan fingerprint density at radius 1 is 1.16 bits per heavy atom. The highest BCUT2D eigenvalue weighted by molar-refractivity contribution is 6.03. The summed E-state index contributed by atoms with van der Waals surface area (Å²) in [5.74, 6) is -1.06. The van der Waals surface area contributed by atoms with Crippen molar-refractivity contribution in [3.05, 3.63) is 63.7 Å².